The van der Waals surface area contributed by atoms with E-state index in [1.165, 1.54) is 123 Å². The molecule has 0 saturated heterocycles. The molecule has 43 heavy (non-hydrogen) atoms. The van der Waals surface area contributed by atoms with E-state index in [2.05, 4.69) is 90.1 Å². The molecule has 0 bridgehead atoms. The highest BCUT2D eigenvalue weighted by Gasteiger charge is 2.42. The van der Waals surface area contributed by atoms with Crippen molar-refractivity contribution in [1.29, 1.82) is 0 Å². The fraction of sp³-hybridized carbons (Fsp3) is 0.512. The molecular weight excluding hydrogens is 520 g/mol. The van der Waals surface area contributed by atoms with Gasteiger partial charge in [-0.25, -0.2) is 9.97 Å². The van der Waals surface area contributed by atoms with Crippen LogP contribution in [-0.2, 0) is 5.41 Å². The first-order valence-electron chi connectivity index (χ1n) is 17.4. The Balaban J connectivity index is 1.59. The van der Waals surface area contributed by atoms with E-state index < -0.39 is 0 Å². The van der Waals surface area contributed by atoms with Gasteiger partial charge in [-0.1, -0.05) is 139 Å². The smallest absolute Gasteiger partial charge is 0.0971 e. The summed E-state index contributed by atoms with van der Waals surface area (Å²) >= 11 is 0. The summed E-state index contributed by atoms with van der Waals surface area (Å²) in [6.45, 7) is 13.2. The summed E-state index contributed by atoms with van der Waals surface area (Å²) in [6.07, 6.45) is 18.6. The van der Waals surface area contributed by atoms with Crippen LogP contribution in [0.2, 0.25) is 0 Å². The van der Waals surface area contributed by atoms with Gasteiger partial charge in [-0.05, 0) is 80.0 Å². The molecule has 1 aromatic heterocycles. The van der Waals surface area contributed by atoms with Gasteiger partial charge in [-0.3, -0.25) is 0 Å². The Kier molecular flexibility index (Phi) is 10.4. The van der Waals surface area contributed by atoms with Crippen molar-refractivity contribution in [3.05, 3.63) is 82.2 Å². The average molecular weight is 575 g/mol. The number of aromatic nitrogens is 2. The molecule has 1 heterocycles. The van der Waals surface area contributed by atoms with Crippen LogP contribution < -0.4 is 0 Å². The van der Waals surface area contributed by atoms with Crippen LogP contribution in [0.1, 0.15) is 137 Å². The molecule has 1 aliphatic rings. The van der Waals surface area contributed by atoms with Crippen LogP contribution in [0.25, 0.3) is 33.3 Å². The SMILES string of the molecule is CCCCCCCCC1(CCCCCCCC)c2cc(C)ccc2-c2ccc(-c3ccc(C)c4nc(C)c(C)nc34)cc21. The minimum Gasteiger partial charge on any atom is -0.249 e. The van der Waals surface area contributed by atoms with Crippen LogP contribution in [0, 0.1) is 27.7 Å². The lowest BCUT2D eigenvalue weighted by molar-refractivity contribution is 0.398. The number of rotatable bonds is 15. The van der Waals surface area contributed by atoms with Gasteiger partial charge in [-0.2, -0.15) is 0 Å². The fourth-order valence-electron chi connectivity index (χ4n) is 7.52. The van der Waals surface area contributed by atoms with E-state index in [-0.39, 0.29) is 5.41 Å². The molecule has 0 aliphatic heterocycles. The molecule has 2 nitrogen and oxygen atoms in total. The van der Waals surface area contributed by atoms with Crippen LogP contribution >= 0.6 is 0 Å². The highest BCUT2D eigenvalue weighted by molar-refractivity contribution is 5.95. The molecule has 0 N–H and O–H groups in total. The third-order valence-electron chi connectivity index (χ3n) is 10.2. The number of nitrogens with zero attached hydrogens (tertiary/aromatic N) is 2. The number of unbranched alkanes of at least 4 members (excludes halogenated alkanes) is 10. The molecule has 1 aliphatic carbocycles. The van der Waals surface area contributed by atoms with Crippen LogP contribution in [0.4, 0.5) is 0 Å². The Labute approximate surface area is 261 Å². The van der Waals surface area contributed by atoms with Crippen molar-refractivity contribution in [2.75, 3.05) is 0 Å². The summed E-state index contributed by atoms with van der Waals surface area (Å²) in [4.78, 5) is 10.1. The minimum atomic E-state index is 0.0842. The Bertz CT molecular complexity index is 1530. The first-order chi connectivity index (χ1) is 20.9. The largest absolute Gasteiger partial charge is 0.249 e. The third-order valence-corrected chi connectivity index (χ3v) is 10.2. The molecule has 5 rings (SSSR count). The van der Waals surface area contributed by atoms with E-state index in [9.17, 15) is 0 Å². The second-order valence-electron chi connectivity index (χ2n) is 13.4. The number of fused-ring (bicyclic) bond motifs is 4. The standard InChI is InChI=1S/C41H54N2/c1-7-9-11-13-15-17-25-41(26-18-16-14-12-10-8-2)37-27-29(3)19-22-35(37)36-24-21-33(28-38(36)41)34-23-20-30(4)39-40(34)43-32(6)31(5)42-39/h19-24,27-28H,7-18,25-26H2,1-6H3. The Morgan fingerprint density at radius 3 is 1.65 bits per heavy atom. The van der Waals surface area contributed by atoms with E-state index in [1.54, 1.807) is 11.1 Å². The zero-order valence-electron chi connectivity index (χ0n) is 27.9. The second-order valence-corrected chi connectivity index (χ2v) is 13.4. The zero-order chi connectivity index (χ0) is 30.4. The lowest BCUT2D eigenvalue weighted by Gasteiger charge is -2.33. The molecule has 2 heteroatoms. The Hall–Kier alpha value is -3.00. The van der Waals surface area contributed by atoms with E-state index in [1.807, 2.05) is 0 Å². The van der Waals surface area contributed by atoms with E-state index in [0.717, 1.165) is 22.4 Å². The van der Waals surface area contributed by atoms with Gasteiger partial charge in [0.25, 0.3) is 0 Å². The van der Waals surface area contributed by atoms with Gasteiger partial charge in [0, 0.05) is 11.0 Å². The first-order valence-corrected chi connectivity index (χ1v) is 17.4. The average Bonchev–Trinajstić information content (AvgIpc) is 3.26. The normalized spacial score (nSPS) is 13.4. The molecule has 0 saturated carbocycles. The van der Waals surface area contributed by atoms with Crippen molar-refractivity contribution in [1.82, 2.24) is 9.97 Å². The van der Waals surface area contributed by atoms with Gasteiger partial charge in [0.2, 0.25) is 0 Å². The predicted molar refractivity (Wildman–Crippen MR) is 186 cm³/mol. The van der Waals surface area contributed by atoms with Gasteiger partial charge < -0.3 is 0 Å². The summed E-state index contributed by atoms with van der Waals surface area (Å²) in [5.41, 5.74) is 15.3. The summed E-state index contributed by atoms with van der Waals surface area (Å²) in [6, 6.07) is 19.1. The molecule has 0 unspecified atom stereocenters. The van der Waals surface area contributed by atoms with Crippen molar-refractivity contribution >= 4 is 11.0 Å². The molecule has 0 radical (unpaired) electrons. The van der Waals surface area contributed by atoms with Crippen molar-refractivity contribution < 1.29 is 0 Å². The van der Waals surface area contributed by atoms with Crippen molar-refractivity contribution in [2.45, 2.75) is 137 Å². The number of hydrogen-bond acceptors (Lipinski definition) is 2. The van der Waals surface area contributed by atoms with Crippen molar-refractivity contribution in [3.8, 4) is 22.3 Å². The number of hydrogen-bond donors (Lipinski definition) is 0. The molecule has 3 aromatic carbocycles. The molecular formula is C41H54N2. The second kappa shape index (κ2) is 14.2. The summed E-state index contributed by atoms with van der Waals surface area (Å²) in [5.74, 6) is 0. The highest BCUT2D eigenvalue weighted by Crippen LogP contribution is 2.55. The van der Waals surface area contributed by atoms with Gasteiger partial charge in [0.15, 0.2) is 0 Å². The molecule has 0 spiro atoms. The van der Waals surface area contributed by atoms with Crippen LogP contribution in [-0.4, -0.2) is 9.97 Å². The quantitative estimate of drug-likeness (QED) is 0.132. The Morgan fingerprint density at radius 2 is 1.02 bits per heavy atom. The van der Waals surface area contributed by atoms with E-state index in [0.29, 0.717) is 0 Å². The highest BCUT2D eigenvalue weighted by atomic mass is 14.8. The molecule has 0 amide bonds. The maximum absolute atomic E-state index is 5.10. The lowest BCUT2D eigenvalue weighted by atomic mass is 9.70. The lowest BCUT2D eigenvalue weighted by Crippen LogP contribution is -2.25. The molecule has 4 aromatic rings. The molecule has 0 fully saturated rings. The number of benzene rings is 3. The van der Waals surface area contributed by atoms with Crippen LogP contribution in [0.3, 0.4) is 0 Å². The molecule has 228 valence electrons. The van der Waals surface area contributed by atoms with Gasteiger partial charge in [0.05, 0.1) is 22.4 Å². The topological polar surface area (TPSA) is 25.8 Å². The maximum atomic E-state index is 5.10. The van der Waals surface area contributed by atoms with Crippen LogP contribution in [0.5, 0.6) is 0 Å². The van der Waals surface area contributed by atoms with E-state index >= 15 is 0 Å². The van der Waals surface area contributed by atoms with Gasteiger partial charge in [0.1, 0.15) is 0 Å². The van der Waals surface area contributed by atoms with Crippen molar-refractivity contribution in [3.63, 3.8) is 0 Å². The molecule has 0 atom stereocenters. The van der Waals surface area contributed by atoms with Gasteiger partial charge >= 0.3 is 0 Å². The Morgan fingerprint density at radius 1 is 0.512 bits per heavy atom. The first kappa shape index (κ1) is 31.4. The fourth-order valence-corrected chi connectivity index (χ4v) is 7.52. The summed E-state index contributed by atoms with van der Waals surface area (Å²) in [7, 11) is 0. The van der Waals surface area contributed by atoms with Gasteiger partial charge in [-0.15, -0.1) is 0 Å². The van der Waals surface area contributed by atoms with E-state index in [4.69, 9.17) is 9.97 Å². The minimum absolute atomic E-state index is 0.0842. The predicted octanol–water partition coefficient (Wildman–Crippen LogP) is 12.3. The number of aryl methyl sites for hydroxylation is 4. The zero-order valence-corrected chi connectivity index (χ0v) is 27.9. The van der Waals surface area contributed by atoms with Crippen molar-refractivity contribution in [2.24, 2.45) is 0 Å². The monoisotopic (exact) mass is 574 g/mol. The third kappa shape index (κ3) is 6.59. The summed E-state index contributed by atoms with van der Waals surface area (Å²) < 4.78 is 0. The maximum Gasteiger partial charge on any atom is 0.0971 e. The summed E-state index contributed by atoms with van der Waals surface area (Å²) in [5, 5.41) is 0. The van der Waals surface area contributed by atoms with Crippen LogP contribution in [0.15, 0.2) is 48.5 Å².